The molecule has 1 saturated carbocycles. The van der Waals surface area contributed by atoms with E-state index in [-0.39, 0.29) is 23.5 Å². The lowest BCUT2D eigenvalue weighted by molar-refractivity contribution is 0.0367. The van der Waals surface area contributed by atoms with E-state index in [1.54, 1.807) is 31.3 Å². The van der Waals surface area contributed by atoms with Crippen LogP contribution in [0.15, 0.2) is 29.2 Å². The molecular weight excluding hydrogens is 288 g/mol. The van der Waals surface area contributed by atoms with Crippen LogP contribution in [0.25, 0.3) is 0 Å². The van der Waals surface area contributed by atoms with Gasteiger partial charge in [-0.2, -0.15) is 0 Å². The summed E-state index contributed by atoms with van der Waals surface area (Å²) in [4.78, 5) is 0.253. The van der Waals surface area contributed by atoms with Crippen LogP contribution in [0.2, 0.25) is 0 Å². The number of hydrogen-bond acceptors (Lipinski definition) is 4. The summed E-state index contributed by atoms with van der Waals surface area (Å²) in [5.41, 5.74) is 6.04. The second kappa shape index (κ2) is 6.58. The molecule has 114 valence electrons. The number of aliphatic hydroxyl groups is 1. The summed E-state index contributed by atoms with van der Waals surface area (Å²) in [7, 11) is -1.91. The summed E-state index contributed by atoms with van der Waals surface area (Å²) >= 11 is 0. The Hall–Kier alpha value is -1.39. The molecule has 6 heteroatoms. The van der Waals surface area contributed by atoms with Gasteiger partial charge >= 0.3 is 0 Å². The molecule has 0 aliphatic heterocycles. The number of nitrogens with zero attached hydrogens (tertiary/aromatic N) is 1. The Morgan fingerprint density at radius 1 is 1.33 bits per heavy atom. The molecule has 0 radical (unpaired) electrons. The van der Waals surface area contributed by atoms with Gasteiger partial charge < -0.3 is 10.8 Å². The highest BCUT2D eigenvalue weighted by Crippen LogP contribution is 2.29. The lowest BCUT2D eigenvalue weighted by Crippen LogP contribution is -2.39. The van der Waals surface area contributed by atoms with E-state index in [2.05, 4.69) is 11.8 Å². The standard InChI is InChI=1S/C15H20N2O3S/c1-17(11-13-9-14(18)10-13)21(19,20)15-6-4-12(5-7-15)3-2-8-16/h4-7,13-14,18H,8-11,16H2,1H3. The van der Waals surface area contributed by atoms with Crippen molar-refractivity contribution in [1.29, 1.82) is 0 Å². The van der Waals surface area contributed by atoms with E-state index in [0.717, 1.165) is 5.56 Å². The quantitative estimate of drug-likeness (QED) is 0.788. The number of aliphatic hydroxyl groups excluding tert-OH is 1. The molecule has 5 nitrogen and oxygen atoms in total. The van der Waals surface area contributed by atoms with Crippen molar-refractivity contribution in [1.82, 2.24) is 4.31 Å². The van der Waals surface area contributed by atoms with Crippen molar-refractivity contribution < 1.29 is 13.5 Å². The maximum atomic E-state index is 12.4. The first-order valence-corrected chi connectivity index (χ1v) is 8.31. The fourth-order valence-corrected chi connectivity index (χ4v) is 3.60. The van der Waals surface area contributed by atoms with Crippen molar-refractivity contribution in [2.45, 2.75) is 23.8 Å². The molecule has 0 atom stereocenters. The zero-order chi connectivity index (χ0) is 15.5. The van der Waals surface area contributed by atoms with Crippen LogP contribution in [0.1, 0.15) is 18.4 Å². The van der Waals surface area contributed by atoms with Gasteiger partial charge in [0.05, 0.1) is 17.5 Å². The normalized spacial score (nSPS) is 21.5. The Morgan fingerprint density at radius 3 is 2.48 bits per heavy atom. The Morgan fingerprint density at radius 2 is 1.95 bits per heavy atom. The van der Waals surface area contributed by atoms with Crippen LogP contribution in [-0.4, -0.2) is 44.1 Å². The molecule has 0 unspecified atom stereocenters. The molecule has 1 aromatic carbocycles. The Bertz CT molecular complexity index is 638. The predicted molar refractivity (Wildman–Crippen MR) is 80.9 cm³/mol. The minimum atomic E-state index is -3.49. The van der Waals surface area contributed by atoms with Gasteiger partial charge in [-0.15, -0.1) is 0 Å². The average molecular weight is 308 g/mol. The van der Waals surface area contributed by atoms with Crippen LogP contribution in [-0.2, 0) is 10.0 Å². The highest BCUT2D eigenvalue weighted by Gasteiger charge is 2.31. The first kappa shape index (κ1) is 16.0. The van der Waals surface area contributed by atoms with Gasteiger partial charge in [0.15, 0.2) is 0 Å². The number of nitrogens with two attached hydrogens (primary N) is 1. The van der Waals surface area contributed by atoms with E-state index in [0.29, 0.717) is 19.4 Å². The SMILES string of the molecule is CN(CC1CC(O)C1)S(=O)(=O)c1ccc(C#CCN)cc1. The molecule has 0 aromatic heterocycles. The van der Waals surface area contributed by atoms with Gasteiger partial charge in [0.1, 0.15) is 0 Å². The van der Waals surface area contributed by atoms with Crippen LogP contribution < -0.4 is 5.73 Å². The van der Waals surface area contributed by atoms with Crippen LogP contribution in [0.5, 0.6) is 0 Å². The van der Waals surface area contributed by atoms with Crippen LogP contribution >= 0.6 is 0 Å². The van der Waals surface area contributed by atoms with E-state index in [9.17, 15) is 13.5 Å². The Labute approximate surface area is 125 Å². The molecule has 1 aliphatic carbocycles. The lowest BCUT2D eigenvalue weighted by Gasteiger charge is -2.34. The molecule has 1 aromatic rings. The summed E-state index contributed by atoms with van der Waals surface area (Å²) in [6.07, 6.45) is 1.08. The summed E-state index contributed by atoms with van der Waals surface area (Å²) in [6, 6.07) is 6.47. The third-order valence-corrected chi connectivity index (χ3v) is 5.46. The summed E-state index contributed by atoms with van der Waals surface area (Å²) < 4.78 is 26.2. The van der Waals surface area contributed by atoms with Gasteiger partial charge in [-0.1, -0.05) is 11.8 Å². The average Bonchev–Trinajstić information content (AvgIpc) is 2.43. The lowest BCUT2D eigenvalue weighted by atomic mass is 9.82. The third-order valence-electron chi connectivity index (χ3n) is 3.62. The maximum Gasteiger partial charge on any atom is 0.242 e. The predicted octanol–water partition coefficient (Wildman–Crippen LogP) is 0.388. The third kappa shape index (κ3) is 3.83. The second-order valence-electron chi connectivity index (χ2n) is 5.31. The minimum Gasteiger partial charge on any atom is -0.393 e. The zero-order valence-electron chi connectivity index (χ0n) is 12.0. The summed E-state index contributed by atoms with van der Waals surface area (Å²) in [5.74, 6) is 5.83. The number of rotatable bonds is 4. The van der Waals surface area contributed by atoms with Gasteiger partial charge in [-0.25, -0.2) is 12.7 Å². The first-order valence-electron chi connectivity index (χ1n) is 6.87. The molecule has 1 aliphatic rings. The molecule has 0 heterocycles. The second-order valence-corrected chi connectivity index (χ2v) is 7.35. The number of hydrogen-bond donors (Lipinski definition) is 2. The number of sulfonamides is 1. The molecule has 3 N–H and O–H groups in total. The molecule has 0 amide bonds. The molecule has 0 spiro atoms. The Kier molecular flexibility index (Phi) is 5.01. The molecule has 21 heavy (non-hydrogen) atoms. The monoisotopic (exact) mass is 308 g/mol. The fourth-order valence-electron chi connectivity index (χ4n) is 2.35. The highest BCUT2D eigenvalue weighted by molar-refractivity contribution is 7.89. The Balaban J connectivity index is 2.07. The highest BCUT2D eigenvalue weighted by atomic mass is 32.2. The van der Waals surface area contributed by atoms with E-state index < -0.39 is 10.0 Å². The number of benzene rings is 1. The van der Waals surface area contributed by atoms with Gasteiger partial charge in [0.2, 0.25) is 10.0 Å². The topological polar surface area (TPSA) is 83.6 Å². The van der Waals surface area contributed by atoms with Gasteiger partial charge in [0, 0.05) is 19.2 Å². The molecule has 0 bridgehead atoms. The molecule has 2 rings (SSSR count). The van der Waals surface area contributed by atoms with Crippen LogP contribution in [0.3, 0.4) is 0 Å². The molecular formula is C15H20N2O3S. The van der Waals surface area contributed by atoms with Crippen molar-refractivity contribution in [3.63, 3.8) is 0 Å². The van der Waals surface area contributed by atoms with Gasteiger partial charge in [0.25, 0.3) is 0 Å². The minimum absolute atomic E-state index is 0.245. The van der Waals surface area contributed by atoms with Gasteiger partial charge in [-0.3, -0.25) is 0 Å². The summed E-state index contributed by atoms with van der Waals surface area (Å²) in [6.45, 7) is 0.712. The van der Waals surface area contributed by atoms with Gasteiger partial charge in [-0.05, 0) is 43.0 Å². The van der Waals surface area contributed by atoms with Crippen LogP contribution in [0, 0.1) is 17.8 Å². The first-order chi connectivity index (χ1) is 9.93. The maximum absolute atomic E-state index is 12.4. The van der Waals surface area contributed by atoms with E-state index in [1.807, 2.05) is 0 Å². The summed E-state index contributed by atoms with van der Waals surface area (Å²) in [5, 5.41) is 9.26. The largest absolute Gasteiger partial charge is 0.393 e. The van der Waals surface area contributed by atoms with E-state index in [1.165, 1.54) is 4.31 Å². The smallest absolute Gasteiger partial charge is 0.242 e. The van der Waals surface area contributed by atoms with Crippen molar-refractivity contribution in [2.75, 3.05) is 20.1 Å². The van der Waals surface area contributed by atoms with Crippen molar-refractivity contribution in [3.8, 4) is 11.8 Å². The van der Waals surface area contributed by atoms with Crippen molar-refractivity contribution in [2.24, 2.45) is 11.7 Å². The van der Waals surface area contributed by atoms with E-state index in [4.69, 9.17) is 5.73 Å². The van der Waals surface area contributed by atoms with Crippen LogP contribution in [0.4, 0.5) is 0 Å². The fraction of sp³-hybridized carbons (Fsp3) is 0.467. The van der Waals surface area contributed by atoms with Crippen molar-refractivity contribution in [3.05, 3.63) is 29.8 Å². The molecule has 1 fully saturated rings. The molecule has 0 saturated heterocycles. The zero-order valence-corrected chi connectivity index (χ0v) is 12.8. The van der Waals surface area contributed by atoms with Crippen molar-refractivity contribution >= 4 is 10.0 Å². The van der Waals surface area contributed by atoms with E-state index >= 15 is 0 Å².